The van der Waals surface area contributed by atoms with E-state index < -0.39 is 87.3 Å². The Bertz CT molecular complexity index is 2210. The van der Waals surface area contributed by atoms with Crippen LogP contribution in [0.15, 0.2) is 126 Å². The minimum Gasteiger partial charge on any atom is -0.467 e. The molecule has 0 aliphatic carbocycles. The molecule has 2 heterocycles. The third-order valence-electron chi connectivity index (χ3n) is 10.7. The van der Waals surface area contributed by atoms with Gasteiger partial charge in [-0.05, 0) is 34.9 Å². The molecule has 0 unspecified atom stereocenters. The maximum Gasteiger partial charge on any atom is 0.365 e. The lowest BCUT2D eigenvalue weighted by molar-refractivity contribution is -0.331. The zero-order valence-electron chi connectivity index (χ0n) is 38.6. The first-order valence-corrected chi connectivity index (χ1v) is 25.8. The number of carbonyl (C=O) groups excluding carboxylic acids is 4. The van der Waals surface area contributed by atoms with Crippen molar-refractivity contribution in [3.8, 4) is 0 Å². The van der Waals surface area contributed by atoms with E-state index >= 15 is 0 Å². The Balaban J connectivity index is 1.40. The van der Waals surface area contributed by atoms with Crippen LogP contribution in [-0.4, -0.2) is 113 Å². The fourth-order valence-electron chi connectivity index (χ4n) is 7.29. The normalized spacial score (nSPS) is 24.6. The van der Waals surface area contributed by atoms with E-state index in [0.29, 0.717) is 6.61 Å². The van der Waals surface area contributed by atoms with Crippen LogP contribution in [0, 0.1) is 0 Å². The summed E-state index contributed by atoms with van der Waals surface area (Å²) in [6, 6.07) is 37.8. The lowest BCUT2D eigenvalue weighted by Gasteiger charge is -2.46. The summed E-state index contributed by atoms with van der Waals surface area (Å²) in [7, 11) is -0.493. The van der Waals surface area contributed by atoms with E-state index in [1.54, 1.807) is 18.2 Å². The second kappa shape index (κ2) is 24.9. The summed E-state index contributed by atoms with van der Waals surface area (Å²) in [4.78, 5) is 57.2. The molecule has 6 rings (SSSR count). The molecule has 16 nitrogen and oxygen atoms in total. The van der Waals surface area contributed by atoms with Crippen molar-refractivity contribution >= 4 is 37.7 Å². The van der Waals surface area contributed by atoms with E-state index in [9.17, 15) is 19.2 Å². The van der Waals surface area contributed by atoms with E-state index in [1.807, 2.05) is 91.0 Å². The minimum atomic E-state index is -1.71. The van der Waals surface area contributed by atoms with Gasteiger partial charge >= 0.3 is 23.9 Å². The highest BCUT2D eigenvalue weighted by Crippen LogP contribution is 2.33. The Morgan fingerprint density at radius 3 is 1.61 bits per heavy atom. The highest BCUT2D eigenvalue weighted by molar-refractivity contribution is 6.76. The summed E-state index contributed by atoms with van der Waals surface area (Å²) in [6.45, 7) is 9.44. The van der Waals surface area contributed by atoms with Crippen molar-refractivity contribution in [3.63, 3.8) is 0 Å². The molecule has 67 heavy (non-hydrogen) atoms. The van der Waals surface area contributed by atoms with Crippen molar-refractivity contribution in [2.24, 2.45) is 5.16 Å². The average molecular weight is 942 g/mol. The van der Waals surface area contributed by atoms with Gasteiger partial charge in [0.05, 0.1) is 39.1 Å². The van der Waals surface area contributed by atoms with Crippen LogP contribution >= 0.6 is 0 Å². The summed E-state index contributed by atoms with van der Waals surface area (Å²) in [5, 5.41) is 4.09. The summed E-state index contributed by atoms with van der Waals surface area (Å²) < 4.78 is 62.6. The lowest BCUT2D eigenvalue weighted by Crippen LogP contribution is -2.63. The molecule has 2 fully saturated rings. The van der Waals surface area contributed by atoms with Crippen LogP contribution < -0.4 is 0 Å². The van der Waals surface area contributed by atoms with E-state index in [2.05, 4.69) is 24.8 Å². The molecule has 0 spiro atoms. The Kier molecular flexibility index (Phi) is 18.9. The van der Waals surface area contributed by atoms with Crippen LogP contribution in [0.25, 0.3) is 0 Å². The van der Waals surface area contributed by atoms with Crippen molar-refractivity contribution < 1.29 is 71.4 Å². The standard InChI is InChI=1S/C50H59NO15Si/c1-33(52)62-42-40(51-66-47(54)38-25-17-10-18-26-38)49(65-45(48(55)56-3)44(42)63-34(2)53)61-32-39-41(58-29-35-19-11-7-12-20-35)43(59-30-36-21-13-8-14-22-36)46(60-31-37-23-15-9-16-24-37)50(64-39)57-27-28-67(4,5)6/h7-26,39,41-46,49-50H,27-32H2,1-6H3/b51-40+/t39-,41-,42-,43+,44+,45+,46-,49-,50-/m1/s1. The van der Waals surface area contributed by atoms with E-state index in [0.717, 1.165) is 43.7 Å². The largest absolute Gasteiger partial charge is 0.467 e. The summed E-state index contributed by atoms with van der Waals surface area (Å²) in [5.74, 6) is -3.56. The van der Waals surface area contributed by atoms with Crippen LogP contribution in [0.3, 0.4) is 0 Å². The minimum absolute atomic E-state index is 0.133. The molecule has 0 radical (unpaired) electrons. The molecule has 17 heteroatoms. The number of ether oxygens (including phenoxy) is 10. The Labute approximate surface area is 391 Å². The van der Waals surface area contributed by atoms with Gasteiger partial charge in [0.2, 0.25) is 6.29 Å². The first kappa shape index (κ1) is 50.8. The number of esters is 3. The van der Waals surface area contributed by atoms with E-state index in [4.69, 9.17) is 52.2 Å². The predicted octanol–water partition coefficient (Wildman–Crippen LogP) is 6.81. The van der Waals surface area contributed by atoms with Gasteiger partial charge in [-0.2, -0.15) is 0 Å². The molecule has 0 N–H and O–H groups in total. The molecule has 2 aliphatic rings. The van der Waals surface area contributed by atoms with Gasteiger partial charge in [0.15, 0.2) is 30.3 Å². The number of hydrogen-bond donors (Lipinski definition) is 0. The maximum atomic E-state index is 13.4. The van der Waals surface area contributed by atoms with Gasteiger partial charge in [0.25, 0.3) is 0 Å². The molecular formula is C50H59NO15Si. The molecule has 2 saturated heterocycles. The quantitative estimate of drug-likeness (QED) is 0.0279. The fraction of sp³-hybridized carbons (Fsp3) is 0.420. The number of benzene rings is 4. The molecule has 9 atom stereocenters. The summed E-state index contributed by atoms with van der Waals surface area (Å²) >= 11 is 0. The lowest BCUT2D eigenvalue weighted by atomic mass is 9.97. The van der Waals surface area contributed by atoms with Crippen molar-refractivity contribution in [2.45, 2.75) is 115 Å². The monoisotopic (exact) mass is 941 g/mol. The highest BCUT2D eigenvalue weighted by Gasteiger charge is 2.54. The van der Waals surface area contributed by atoms with Gasteiger partial charge in [0.1, 0.15) is 24.4 Å². The second-order valence-electron chi connectivity index (χ2n) is 17.1. The van der Waals surface area contributed by atoms with Gasteiger partial charge in [0, 0.05) is 28.5 Å². The Morgan fingerprint density at radius 2 is 1.10 bits per heavy atom. The average Bonchev–Trinajstić information content (AvgIpc) is 3.32. The van der Waals surface area contributed by atoms with Crippen molar-refractivity contribution in [2.75, 3.05) is 20.3 Å². The zero-order chi connectivity index (χ0) is 47.8. The Hall–Kier alpha value is -5.63. The molecule has 2 aliphatic heterocycles. The number of oxime groups is 1. The predicted molar refractivity (Wildman–Crippen MR) is 245 cm³/mol. The fourth-order valence-corrected chi connectivity index (χ4v) is 8.02. The van der Waals surface area contributed by atoms with Crippen molar-refractivity contribution in [3.05, 3.63) is 144 Å². The second-order valence-corrected chi connectivity index (χ2v) is 22.7. The van der Waals surface area contributed by atoms with Crippen molar-refractivity contribution in [1.82, 2.24) is 0 Å². The van der Waals surface area contributed by atoms with Crippen LogP contribution in [0.4, 0.5) is 0 Å². The molecule has 4 aromatic rings. The number of rotatable bonds is 21. The first-order chi connectivity index (χ1) is 32.3. The smallest absolute Gasteiger partial charge is 0.365 e. The van der Waals surface area contributed by atoms with Gasteiger partial charge in [-0.1, -0.05) is 134 Å². The molecule has 0 bridgehead atoms. The molecule has 0 amide bonds. The van der Waals surface area contributed by atoms with Crippen LogP contribution in [0.2, 0.25) is 25.7 Å². The van der Waals surface area contributed by atoms with Gasteiger partial charge < -0.3 is 52.2 Å². The first-order valence-electron chi connectivity index (χ1n) is 22.1. The topological polar surface area (TPSA) is 182 Å². The van der Waals surface area contributed by atoms with Crippen LogP contribution in [0.5, 0.6) is 0 Å². The third-order valence-corrected chi connectivity index (χ3v) is 12.4. The van der Waals surface area contributed by atoms with E-state index in [1.165, 1.54) is 12.1 Å². The van der Waals surface area contributed by atoms with Gasteiger partial charge in [-0.3, -0.25) is 9.59 Å². The van der Waals surface area contributed by atoms with Crippen LogP contribution in [0.1, 0.15) is 40.9 Å². The molecule has 0 saturated carbocycles. The van der Waals surface area contributed by atoms with Gasteiger partial charge in [-0.15, -0.1) is 0 Å². The summed E-state index contributed by atoms with van der Waals surface area (Å²) in [6.07, 6.45) is -11.3. The maximum absolute atomic E-state index is 13.4. The SMILES string of the molecule is COC(=O)[C@H]1O[C@@H](OC[C@H]2O[C@@H](OCC[Si](C)(C)C)[C@H](OCc3ccccc3)[C@@H](OCc3ccccc3)[C@@H]2OCc2ccccc2)/C(=N/OC(=O)c2ccccc2)[C@@H](OC(C)=O)[C@@H]1OC(C)=O. The third kappa shape index (κ3) is 15.2. The van der Waals surface area contributed by atoms with Crippen LogP contribution in [-0.2, 0) is 86.4 Å². The number of carbonyl (C=O) groups is 4. The molecule has 358 valence electrons. The van der Waals surface area contributed by atoms with Crippen molar-refractivity contribution in [1.29, 1.82) is 0 Å². The highest BCUT2D eigenvalue weighted by atomic mass is 28.3. The number of nitrogens with zero attached hydrogens (tertiary/aromatic N) is 1. The summed E-state index contributed by atoms with van der Waals surface area (Å²) in [5.41, 5.74) is 2.48. The van der Waals surface area contributed by atoms with E-state index in [-0.39, 0.29) is 37.7 Å². The zero-order valence-corrected chi connectivity index (χ0v) is 39.6. The molecule has 0 aromatic heterocycles. The molecule has 4 aromatic carbocycles. The number of hydrogen-bond acceptors (Lipinski definition) is 16. The van der Waals surface area contributed by atoms with Gasteiger partial charge in [-0.25, -0.2) is 9.59 Å². The Morgan fingerprint density at radius 1 is 0.597 bits per heavy atom. The number of methoxy groups -OCH3 is 1. The molecular weight excluding hydrogens is 883 g/mol.